The molecule has 0 N–H and O–H groups in total. The Morgan fingerprint density at radius 1 is 1.40 bits per heavy atom. The summed E-state index contributed by atoms with van der Waals surface area (Å²) in [7, 11) is 1.17. The second-order valence-electron chi connectivity index (χ2n) is 3.56. The largest absolute Gasteiger partial charge is 0.125 e. The van der Waals surface area contributed by atoms with Crippen LogP contribution in [0.2, 0.25) is 0 Å². The van der Waals surface area contributed by atoms with Crippen molar-refractivity contribution in [3.05, 3.63) is 0 Å². The Morgan fingerprint density at radius 3 is 2.70 bits per heavy atom. The summed E-state index contributed by atoms with van der Waals surface area (Å²) in [5, 5.41) is 0. The fourth-order valence-electron chi connectivity index (χ4n) is 1.98. The van der Waals surface area contributed by atoms with Crippen molar-refractivity contribution < 1.29 is 0 Å². The van der Waals surface area contributed by atoms with Gasteiger partial charge in [0.05, 0.1) is 0 Å². The highest BCUT2D eigenvalue weighted by Gasteiger charge is 2.21. The van der Waals surface area contributed by atoms with Gasteiger partial charge in [0.1, 0.15) is 0 Å². The van der Waals surface area contributed by atoms with Crippen molar-refractivity contribution in [1.82, 2.24) is 0 Å². The van der Waals surface area contributed by atoms with Gasteiger partial charge < -0.3 is 0 Å². The van der Waals surface area contributed by atoms with Crippen LogP contribution >= 0.6 is 8.58 Å². The van der Waals surface area contributed by atoms with Gasteiger partial charge in [0.15, 0.2) is 0 Å². The molecule has 1 aliphatic rings. The molecule has 1 rings (SSSR count). The van der Waals surface area contributed by atoms with Gasteiger partial charge in [-0.1, -0.05) is 26.2 Å². The summed E-state index contributed by atoms with van der Waals surface area (Å²) in [6.07, 6.45) is 7.51. The second kappa shape index (κ2) is 4.34. The van der Waals surface area contributed by atoms with Crippen molar-refractivity contribution in [3.8, 4) is 0 Å². The average molecular weight is 158 g/mol. The minimum Gasteiger partial charge on any atom is -0.125 e. The first-order valence-electron chi connectivity index (χ1n) is 4.49. The van der Waals surface area contributed by atoms with Gasteiger partial charge in [0, 0.05) is 0 Å². The first kappa shape index (κ1) is 8.53. The zero-order valence-corrected chi connectivity index (χ0v) is 8.19. The van der Waals surface area contributed by atoms with Gasteiger partial charge in [-0.05, 0) is 31.1 Å². The molecule has 0 saturated heterocycles. The van der Waals surface area contributed by atoms with E-state index < -0.39 is 0 Å². The van der Waals surface area contributed by atoms with Crippen LogP contribution in [0.25, 0.3) is 0 Å². The monoisotopic (exact) mass is 158 g/mol. The summed E-state index contributed by atoms with van der Waals surface area (Å²) in [6, 6.07) is 0. The number of rotatable bonds is 3. The maximum atomic E-state index is 2.43. The van der Waals surface area contributed by atoms with Crippen molar-refractivity contribution in [2.24, 2.45) is 11.8 Å². The lowest BCUT2D eigenvalue weighted by Crippen LogP contribution is -2.03. The van der Waals surface area contributed by atoms with E-state index >= 15 is 0 Å². The minimum absolute atomic E-state index is 1.04. The van der Waals surface area contributed by atoms with E-state index in [4.69, 9.17) is 0 Å². The van der Waals surface area contributed by atoms with Crippen molar-refractivity contribution in [1.29, 1.82) is 0 Å². The molecule has 0 amide bonds. The van der Waals surface area contributed by atoms with Crippen molar-refractivity contribution >= 4 is 8.58 Å². The molecule has 1 aliphatic carbocycles. The molecule has 60 valence electrons. The first-order valence-corrected chi connectivity index (χ1v) is 6.20. The highest BCUT2D eigenvalue weighted by Crippen LogP contribution is 2.34. The first-order chi connectivity index (χ1) is 4.84. The van der Waals surface area contributed by atoms with Crippen LogP contribution in [0, 0.1) is 11.8 Å². The van der Waals surface area contributed by atoms with Gasteiger partial charge in [-0.3, -0.25) is 0 Å². The normalized spacial score (nSPS) is 34.2. The van der Waals surface area contributed by atoms with Gasteiger partial charge in [-0.2, -0.15) is 0 Å². The molecule has 0 spiro atoms. The molecule has 1 fully saturated rings. The van der Waals surface area contributed by atoms with Crippen LogP contribution < -0.4 is 0 Å². The zero-order chi connectivity index (χ0) is 7.40. The van der Waals surface area contributed by atoms with E-state index in [0.717, 1.165) is 11.8 Å². The highest BCUT2D eigenvalue weighted by atomic mass is 31.1. The van der Waals surface area contributed by atoms with Crippen molar-refractivity contribution in [2.75, 3.05) is 12.8 Å². The summed E-state index contributed by atoms with van der Waals surface area (Å²) < 4.78 is 0. The topological polar surface area (TPSA) is 0 Å². The fourth-order valence-corrected chi connectivity index (χ4v) is 2.64. The molecule has 2 unspecified atom stereocenters. The van der Waals surface area contributed by atoms with E-state index in [1.165, 1.54) is 40.4 Å². The third kappa shape index (κ3) is 2.23. The van der Waals surface area contributed by atoms with E-state index in [1.807, 2.05) is 0 Å². The second-order valence-corrected chi connectivity index (χ2v) is 4.77. The lowest BCUT2D eigenvalue weighted by Gasteiger charge is -2.13. The number of hydrogen-bond donors (Lipinski definition) is 0. The molecule has 10 heavy (non-hydrogen) atoms. The van der Waals surface area contributed by atoms with Crippen molar-refractivity contribution in [3.63, 3.8) is 0 Å². The van der Waals surface area contributed by atoms with Gasteiger partial charge in [-0.15, -0.1) is 8.58 Å². The Hall–Kier alpha value is 0.430. The molecule has 0 bridgehead atoms. The lowest BCUT2D eigenvalue weighted by molar-refractivity contribution is 0.409. The predicted molar refractivity (Wildman–Crippen MR) is 50.2 cm³/mol. The SMILES string of the molecule is CPCC[C@@H]1CCCC1C. The quantitative estimate of drug-likeness (QED) is 0.553. The van der Waals surface area contributed by atoms with Gasteiger partial charge >= 0.3 is 0 Å². The van der Waals surface area contributed by atoms with E-state index in [1.54, 1.807) is 0 Å². The van der Waals surface area contributed by atoms with Crippen molar-refractivity contribution in [2.45, 2.75) is 32.6 Å². The standard InChI is InChI=1S/C9H19P/c1-8-4-3-5-9(8)6-7-10-2/h8-10H,3-7H2,1-2H3/t8?,9-/m0/s1. The predicted octanol–water partition coefficient (Wildman–Crippen LogP) is 3.12. The number of hydrogen-bond acceptors (Lipinski definition) is 0. The van der Waals surface area contributed by atoms with Gasteiger partial charge in [0.25, 0.3) is 0 Å². The van der Waals surface area contributed by atoms with E-state index in [9.17, 15) is 0 Å². The molecular formula is C9H19P. The smallest absolute Gasteiger partial charge is 0.0353 e. The van der Waals surface area contributed by atoms with E-state index in [2.05, 4.69) is 13.6 Å². The third-order valence-corrected chi connectivity index (χ3v) is 3.59. The van der Waals surface area contributed by atoms with Crippen LogP contribution in [-0.4, -0.2) is 12.8 Å². The molecule has 0 aromatic rings. The maximum absolute atomic E-state index is 2.43. The highest BCUT2D eigenvalue weighted by molar-refractivity contribution is 7.36. The summed E-state index contributed by atoms with van der Waals surface area (Å²) in [5.41, 5.74) is 0. The molecule has 0 nitrogen and oxygen atoms in total. The fraction of sp³-hybridized carbons (Fsp3) is 1.00. The van der Waals surface area contributed by atoms with Crippen LogP contribution in [0.1, 0.15) is 32.6 Å². The molecule has 0 aromatic carbocycles. The molecule has 1 saturated carbocycles. The maximum Gasteiger partial charge on any atom is -0.0353 e. The Labute approximate surface area is 66.6 Å². The summed E-state index contributed by atoms with van der Waals surface area (Å²) in [4.78, 5) is 0. The minimum atomic E-state index is 1.04. The lowest BCUT2D eigenvalue weighted by atomic mass is 9.96. The molecule has 0 aliphatic heterocycles. The molecule has 0 radical (unpaired) electrons. The molecular weight excluding hydrogens is 139 g/mol. The molecule has 1 heteroatoms. The van der Waals surface area contributed by atoms with E-state index in [-0.39, 0.29) is 0 Å². The Kier molecular flexibility index (Phi) is 3.70. The van der Waals surface area contributed by atoms with Gasteiger partial charge in [-0.25, -0.2) is 0 Å². The average Bonchev–Trinajstić information content (AvgIpc) is 2.31. The summed E-state index contributed by atoms with van der Waals surface area (Å²) in [5.74, 6) is 2.13. The molecule has 0 heterocycles. The molecule has 0 aromatic heterocycles. The zero-order valence-electron chi connectivity index (χ0n) is 7.19. The third-order valence-electron chi connectivity index (χ3n) is 2.80. The van der Waals surface area contributed by atoms with E-state index in [0.29, 0.717) is 0 Å². The van der Waals surface area contributed by atoms with Crippen LogP contribution in [-0.2, 0) is 0 Å². The van der Waals surface area contributed by atoms with Crippen LogP contribution in [0.5, 0.6) is 0 Å². The summed E-state index contributed by atoms with van der Waals surface area (Å²) in [6.45, 7) is 4.75. The van der Waals surface area contributed by atoms with Crippen LogP contribution in [0.4, 0.5) is 0 Å². The van der Waals surface area contributed by atoms with Crippen LogP contribution in [0.3, 0.4) is 0 Å². The Bertz CT molecular complexity index is 90.7. The Balaban J connectivity index is 2.14. The molecule has 3 atom stereocenters. The van der Waals surface area contributed by atoms with Crippen LogP contribution in [0.15, 0.2) is 0 Å². The Morgan fingerprint density at radius 2 is 2.20 bits per heavy atom. The van der Waals surface area contributed by atoms with Gasteiger partial charge in [0.2, 0.25) is 0 Å². The summed E-state index contributed by atoms with van der Waals surface area (Å²) >= 11 is 0.